The lowest BCUT2D eigenvalue weighted by Crippen LogP contribution is -1.90. The second-order valence-corrected chi connectivity index (χ2v) is 3.72. The molecule has 1 nitrogen and oxygen atoms in total. The summed E-state index contributed by atoms with van der Waals surface area (Å²) in [5.41, 5.74) is 6.48. The van der Waals surface area contributed by atoms with Crippen molar-refractivity contribution in [2.24, 2.45) is 7.05 Å². The summed E-state index contributed by atoms with van der Waals surface area (Å²) in [6.45, 7) is 5.69. The molecule has 0 saturated carbocycles. The highest BCUT2D eigenvalue weighted by molar-refractivity contribution is 5.93. The quantitative estimate of drug-likeness (QED) is 0.658. The smallest absolute Gasteiger partial charge is 0.0491 e. The van der Waals surface area contributed by atoms with Crippen LogP contribution in [0.15, 0.2) is 42.7 Å². The molecule has 80 valence electrons. The maximum Gasteiger partial charge on any atom is 0.0491 e. The lowest BCUT2D eigenvalue weighted by Gasteiger charge is -1.98. The Morgan fingerprint density at radius 1 is 1.31 bits per heavy atom. The Bertz CT molecular complexity index is 593. The molecular weight excluding hydrogens is 194 g/mol. The fourth-order valence-corrected chi connectivity index (χ4v) is 2.06. The van der Waals surface area contributed by atoms with E-state index in [0.717, 1.165) is 0 Å². The van der Waals surface area contributed by atoms with Crippen LogP contribution in [0.5, 0.6) is 0 Å². The van der Waals surface area contributed by atoms with Gasteiger partial charge in [0.05, 0.1) is 0 Å². The van der Waals surface area contributed by atoms with Gasteiger partial charge in [-0.05, 0) is 25.1 Å². The minimum absolute atomic E-state index is 1.19. The van der Waals surface area contributed by atoms with Gasteiger partial charge in [-0.25, -0.2) is 0 Å². The van der Waals surface area contributed by atoms with Gasteiger partial charge in [-0.2, -0.15) is 0 Å². The van der Waals surface area contributed by atoms with Gasteiger partial charge in [0, 0.05) is 29.2 Å². The minimum atomic E-state index is 1.19. The highest BCUT2D eigenvalue weighted by atomic mass is 14.9. The molecule has 0 unspecified atom stereocenters. The summed E-state index contributed by atoms with van der Waals surface area (Å²) in [6, 6.07) is 8.37. The van der Waals surface area contributed by atoms with Crippen LogP contribution >= 0.6 is 0 Å². The number of hydrogen-bond acceptors (Lipinski definition) is 0. The van der Waals surface area contributed by atoms with Crippen molar-refractivity contribution in [1.82, 2.24) is 4.57 Å². The Morgan fingerprint density at radius 3 is 2.75 bits per heavy atom. The van der Waals surface area contributed by atoms with E-state index >= 15 is 0 Å². The lowest BCUT2D eigenvalue weighted by atomic mass is 10.1. The molecule has 0 aliphatic heterocycles. The lowest BCUT2D eigenvalue weighted by molar-refractivity contribution is 0.953. The second kappa shape index (κ2) is 4.26. The third-order valence-corrected chi connectivity index (χ3v) is 2.76. The molecule has 2 aromatic rings. The molecule has 0 atom stereocenters. The molecule has 2 rings (SSSR count). The van der Waals surface area contributed by atoms with Crippen LogP contribution in [-0.2, 0) is 7.05 Å². The first kappa shape index (κ1) is 10.5. The number of nitrogens with zero attached hydrogens (tertiary/aromatic N) is 1. The molecule has 0 aliphatic rings. The maximum absolute atomic E-state index is 3.66. The monoisotopic (exact) mass is 209 g/mol. The van der Waals surface area contributed by atoms with Crippen molar-refractivity contribution in [3.05, 3.63) is 53.9 Å². The summed E-state index contributed by atoms with van der Waals surface area (Å²) in [7, 11) is 2.08. The van der Waals surface area contributed by atoms with Crippen LogP contribution in [0.4, 0.5) is 0 Å². The highest BCUT2D eigenvalue weighted by Gasteiger charge is 2.09. The summed E-state index contributed by atoms with van der Waals surface area (Å²) in [4.78, 5) is 0. The number of aryl methyl sites for hydroxylation is 1. The summed E-state index contributed by atoms with van der Waals surface area (Å²) < 4.78 is 2.19. The van der Waals surface area contributed by atoms with Gasteiger partial charge in [-0.15, -0.1) is 5.73 Å². The second-order valence-electron chi connectivity index (χ2n) is 3.72. The predicted octanol–water partition coefficient (Wildman–Crippen LogP) is 4.01. The molecule has 1 heteroatoms. The van der Waals surface area contributed by atoms with E-state index in [1.165, 1.54) is 22.2 Å². The highest BCUT2D eigenvalue weighted by Crippen LogP contribution is 2.27. The van der Waals surface area contributed by atoms with Gasteiger partial charge in [0.1, 0.15) is 0 Å². The molecule has 0 fully saturated rings. The topological polar surface area (TPSA) is 4.93 Å². The van der Waals surface area contributed by atoms with Crippen LogP contribution in [0, 0.1) is 0 Å². The molecule has 16 heavy (non-hydrogen) atoms. The Labute approximate surface area is 96.0 Å². The van der Waals surface area contributed by atoms with E-state index in [4.69, 9.17) is 0 Å². The zero-order valence-electron chi connectivity index (χ0n) is 9.70. The number of allylic oxidation sites excluding steroid dienone is 1. The third-order valence-electron chi connectivity index (χ3n) is 2.76. The average Bonchev–Trinajstić information content (AvgIpc) is 2.57. The van der Waals surface area contributed by atoms with Gasteiger partial charge in [0.15, 0.2) is 0 Å². The number of benzene rings is 1. The van der Waals surface area contributed by atoms with Crippen LogP contribution in [0.25, 0.3) is 23.1 Å². The fraction of sp³-hybridized carbons (Fsp3) is 0.133. The summed E-state index contributed by atoms with van der Waals surface area (Å²) >= 11 is 0. The fourth-order valence-electron chi connectivity index (χ4n) is 2.06. The standard InChI is InChI=1S/C15H15N/c1-4-8-12-13-10-6-7-11-15(13)16(3)14(12)9-5-2/h5-11H,1H2,2-3H3/b9-5-. The van der Waals surface area contributed by atoms with Crippen molar-refractivity contribution >= 4 is 23.1 Å². The Balaban J connectivity index is 2.91. The van der Waals surface area contributed by atoms with Crippen LogP contribution in [-0.4, -0.2) is 4.57 Å². The number of rotatable bonds is 2. The van der Waals surface area contributed by atoms with E-state index < -0.39 is 0 Å². The largest absolute Gasteiger partial charge is 0.344 e. The molecule has 0 spiro atoms. The zero-order chi connectivity index (χ0) is 11.5. The third kappa shape index (κ3) is 1.52. The molecule has 0 aliphatic carbocycles. The van der Waals surface area contributed by atoms with E-state index in [9.17, 15) is 0 Å². The minimum Gasteiger partial charge on any atom is -0.344 e. The van der Waals surface area contributed by atoms with E-state index in [2.05, 4.69) is 60.3 Å². The van der Waals surface area contributed by atoms with Gasteiger partial charge in [0.25, 0.3) is 0 Å². The van der Waals surface area contributed by atoms with Crippen molar-refractivity contribution in [2.45, 2.75) is 6.92 Å². The van der Waals surface area contributed by atoms with E-state index in [-0.39, 0.29) is 0 Å². The van der Waals surface area contributed by atoms with E-state index in [0.29, 0.717) is 0 Å². The molecule has 1 aromatic carbocycles. The normalized spacial score (nSPS) is 10.9. The Kier molecular flexibility index (Phi) is 2.80. The van der Waals surface area contributed by atoms with Gasteiger partial charge in [0.2, 0.25) is 0 Å². The number of para-hydroxylation sites is 1. The van der Waals surface area contributed by atoms with Gasteiger partial charge in [-0.1, -0.05) is 30.9 Å². The number of hydrogen-bond donors (Lipinski definition) is 0. The molecule has 0 N–H and O–H groups in total. The van der Waals surface area contributed by atoms with Crippen LogP contribution in [0.1, 0.15) is 18.2 Å². The Morgan fingerprint density at radius 2 is 2.06 bits per heavy atom. The first-order valence-electron chi connectivity index (χ1n) is 5.35. The van der Waals surface area contributed by atoms with E-state index in [1.807, 2.05) is 13.0 Å². The average molecular weight is 209 g/mol. The van der Waals surface area contributed by atoms with Gasteiger partial charge >= 0.3 is 0 Å². The number of aromatic nitrogens is 1. The zero-order valence-corrected chi connectivity index (χ0v) is 9.70. The van der Waals surface area contributed by atoms with Crippen LogP contribution < -0.4 is 0 Å². The summed E-state index contributed by atoms with van der Waals surface area (Å²) in [5.74, 6) is 0. The van der Waals surface area contributed by atoms with Crippen molar-refractivity contribution in [2.75, 3.05) is 0 Å². The number of fused-ring (bicyclic) bond motifs is 1. The van der Waals surface area contributed by atoms with Gasteiger partial charge in [-0.3, -0.25) is 0 Å². The molecule has 0 amide bonds. The van der Waals surface area contributed by atoms with Crippen LogP contribution in [0.2, 0.25) is 0 Å². The van der Waals surface area contributed by atoms with E-state index in [1.54, 1.807) is 0 Å². The maximum atomic E-state index is 3.66. The predicted molar refractivity (Wildman–Crippen MR) is 71.2 cm³/mol. The van der Waals surface area contributed by atoms with Crippen molar-refractivity contribution < 1.29 is 0 Å². The van der Waals surface area contributed by atoms with Crippen molar-refractivity contribution in [3.8, 4) is 0 Å². The first-order chi connectivity index (χ1) is 7.79. The molecule has 0 radical (unpaired) electrons. The molecule has 0 saturated heterocycles. The molecular formula is C15H15N. The van der Waals surface area contributed by atoms with Crippen molar-refractivity contribution in [3.63, 3.8) is 0 Å². The molecule has 0 bridgehead atoms. The SMILES string of the molecule is C=C=Cc1c(/C=C\C)n(C)c2ccccc12. The van der Waals surface area contributed by atoms with Crippen LogP contribution in [0.3, 0.4) is 0 Å². The first-order valence-corrected chi connectivity index (χ1v) is 5.35. The summed E-state index contributed by atoms with van der Waals surface area (Å²) in [5, 5.41) is 1.24. The summed E-state index contributed by atoms with van der Waals surface area (Å²) in [6.07, 6.45) is 6.11. The van der Waals surface area contributed by atoms with Crippen molar-refractivity contribution in [1.29, 1.82) is 0 Å². The Hall–Kier alpha value is -1.98. The molecule has 1 heterocycles. The molecule has 1 aromatic heterocycles. The van der Waals surface area contributed by atoms with Gasteiger partial charge < -0.3 is 4.57 Å².